The highest BCUT2D eigenvalue weighted by atomic mass is 16.2. The van der Waals surface area contributed by atoms with Gasteiger partial charge in [0.05, 0.1) is 5.69 Å². The minimum Gasteiger partial charge on any atom is -0.334 e. The van der Waals surface area contributed by atoms with Crippen molar-refractivity contribution >= 4 is 22.5 Å². The van der Waals surface area contributed by atoms with Crippen LogP contribution in [0.15, 0.2) is 54.7 Å². The molecule has 0 bridgehead atoms. The van der Waals surface area contributed by atoms with Gasteiger partial charge in [0.15, 0.2) is 0 Å². The number of piperidine rings is 1. The number of ketones is 1. The first-order chi connectivity index (χ1) is 17.0. The molecule has 35 heavy (non-hydrogen) atoms. The maximum absolute atomic E-state index is 13.1. The van der Waals surface area contributed by atoms with Gasteiger partial charge in [0.25, 0.3) is 0 Å². The van der Waals surface area contributed by atoms with E-state index < -0.39 is 0 Å². The van der Waals surface area contributed by atoms with Crippen LogP contribution >= 0.6 is 0 Å². The lowest BCUT2D eigenvalue weighted by Gasteiger charge is -2.29. The number of benzene rings is 2. The minimum atomic E-state index is -0.182. The van der Waals surface area contributed by atoms with Crippen molar-refractivity contribution < 1.29 is 9.59 Å². The van der Waals surface area contributed by atoms with E-state index in [0.29, 0.717) is 18.6 Å². The van der Waals surface area contributed by atoms with Crippen LogP contribution in [0.5, 0.6) is 0 Å². The predicted octanol–water partition coefficient (Wildman–Crippen LogP) is 5.59. The summed E-state index contributed by atoms with van der Waals surface area (Å²) in [5.74, 6) is 0.516. The van der Waals surface area contributed by atoms with Crippen molar-refractivity contribution in [1.82, 2.24) is 20.0 Å². The van der Waals surface area contributed by atoms with Gasteiger partial charge in [-0.05, 0) is 75.1 Å². The molecule has 6 nitrogen and oxygen atoms in total. The van der Waals surface area contributed by atoms with E-state index in [1.165, 1.54) is 10.8 Å². The van der Waals surface area contributed by atoms with Crippen molar-refractivity contribution in [2.45, 2.75) is 64.5 Å². The van der Waals surface area contributed by atoms with Crippen molar-refractivity contribution in [3.05, 3.63) is 54.7 Å². The van der Waals surface area contributed by atoms with Gasteiger partial charge in [-0.15, -0.1) is 0 Å². The van der Waals surface area contributed by atoms with Crippen LogP contribution in [-0.4, -0.2) is 46.5 Å². The van der Waals surface area contributed by atoms with Gasteiger partial charge in [0.2, 0.25) is 5.91 Å². The number of hydrogen-bond acceptors (Lipinski definition) is 4. The highest BCUT2D eigenvalue weighted by Gasteiger charge is 2.26. The number of carbonyl (C=O) groups is 2. The van der Waals surface area contributed by atoms with Crippen molar-refractivity contribution in [2.75, 3.05) is 20.1 Å². The third-order valence-electron chi connectivity index (χ3n) is 7.20. The zero-order chi connectivity index (χ0) is 24.6. The van der Waals surface area contributed by atoms with E-state index in [1.807, 2.05) is 36.0 Å². The molecule has 2 aromatic carbocycles. The highest BCUT2D eigenvalue weighted by Crippen LogP contribution is 2.25. The number of aromatic nitrogens is 2. The van der Waals surface area contributed by atoms with Crippen LogP contribution < -0.4 is 5.32 Å². The summed E-state index contributed by atoms with van der Waals surface area (Å²) < 4.78 is 1.91. The molecule has 0 unspecified atom stereocenters. The number of likely N-dealkylation sites (tertiary alicyclic amines) is 1. The second-order valence-corrected chi connectivity index (χ2v) is 9.84. The Morgan fingerprint density at radius 1 is 1.03 bits per heavy atom. The third kappa shape index (κ3) is 6.79. The van der Waals surface area contributed by atoms with Crippen LogP contribution in [0.4, 0.5) is 0 Å². The Morgan fingerprint density at radius 3 is 2.57 bits per heavy atom. The average molecular weight is 475 g/mol. The lowest BCUT2D eigenvalue weighted by molar-refractivity contribution is -0.127. The quantitative estimate of drug-likeness (QED) is 0.368. The molecule has 0 saturated carbocycles. The first-order valence-electron chi connectivity index (χ1n) is 13.1. The van der Waals surface area contributed by atoms with Crippen molar-refractivity contribution in [1.29, 1.82) is 0 Å². The van der Waals surface area contributed by atoms with Gasteiger partial charge in [0.1, 0.15) is 11.9 Å². The molecule has 1 atom stereocenters. The second-order valence-electron chi connectivity index (χ2n) is 9.84. The number of fused-ring (bicyclic) bond motifs is 1. The minimum absolute atomic E-state index is 0.0615. The molecular weight excluding hydrogens is 436 g/mol. The molecule has 6 heteroatoms. The molecule has 0 spiro atoms. The van der Waals surface area contributed by atoms with E-state index >= 15 is 0 Å². The molecule has 3 aromatic rings. The van der Waals surface area contributed by atoms with Gasteiger partial charge in [-0.3, -0.25) is 9.59 Å². The first-order valence-corrected chi connectivity index (χ1v) is 13.1. The number of unbranched alkanes of at least 4 members (excludes halogenated alkanes) is 2. The zero-order valence-corrected chi connectivity index (χ0v) is 21.1. The molecule has 1 aliphatic heterocycles. The van der Waals surface area contributed by atoms with Gasteiger partial charge >= 0.3 is 0 Å². The number of nitrogens with zero attached hydrogens (tertiary/aromatic N) is 3. The summed E-state index contributed by atoms with van der Waals surface area (Å²) in [5, 5.41) is 10.6. The van der Waals surface area contributed by atoms with Gasteiger partial charge in [-0.2, -0.15) is 5.10 Å². The summed E-state index contributed by atoms with van der Waals surface area (Å²) in [5.41, 5.74) is 1.98. The zero-order valence-electron chi connectivity index (χ0n) is 21.1. The summed E-state index contributed by atoms with van der Waals surface area (Å²) in [7, 11) is 2.11. The molecule has 1 amide bonds. The summed E-state index contributed by atoms with van der Waals surface area (Å²) in [6, 6.07) is 16.7. The largest absolute Gasteiger partial charge is 0.334 e. The monoisotopic (exact) mass is 474 g/mol. The van der Waals surface area contributed by atoms with E-state index in [1.54, 1.807) is 0 Å². The molecule has 1 saturated heterocycles. The lowest BCUT2D eigenvalue weighted by atomic mass is 9.96. The normalized spacial score (nSPS) is 15.8. The maximum atomic E-state index is 13.1. The fourth-order valence-electron chi connectivity index (χ4n) is 4.85. The Balaban J connectivity index is 1.45. The number of hydrogen-bond donors (Lipinski definition) is 1. The van der Waals surface area contributed by atoms with Gasteiger partial charge in [-0.1, -0.05) is 49.7 Å². The number of nitrogens with one attached hydrogen (secondary N) is 1. The fraction of sp³-hybridized carbons (Fsp3) is 0.483. The van der Waals surface area contributed by atoms with Gasteiger partial charge in [-0.25, -0.2) is 4.68 Å². The second kappa shape index (κ2) is 12.1. The Hall–Kier alpha value is -2.99. The SMILES string of the molecule is CCC(=O)CCCCC[C@@H](NC(=O)C1CCN(C)CC1)n1ccc(-c2ccc3ccccc3c2)n1. The Bertz CT molecular complexity index is 1130. The van der Waals surface area contributed by atoms with Crippen LogP contribution in [0.25, 0.3) is 22.0 Å². The van der Waals surface area contributed by atoms with Crippen molar-refractivity contribution in [3.63, 3.8) is 0 Å². The molecule has 2 heterocycles. The molecule has 4 rings (SSSR count). The molecule has 1 N–H and O–H groups in total. The molecule has 0 radical (unpaired) electrons. The molecule has 1 fully saturated rings. The van der Waals surface area contributed by atoms with Crippen LogP contribution in [-0.2, 0) is 9.59 Å². The molecule has 186 valence electrons. The van der Waals surface area contributed by atoms with Crippen LogP contribution in [0.2, 0.25) is 0 Å². The smallest absolute Gasteiger partial charge is 0.224 e. The first kappa shape index (κ1) is 25.1. The maximum Gasteiger partial charge on any atom is 0.224 e. The van der Waals surface area contributed by atoms with E-state index in [4.69, 9.17) is 5.10 Å². The molecule has 1 aromatic heterocycles. The van der Waals surface area contributed by atoms with E-state index in [2.05, 4.69) is 47.6 Å². The Morgan fingerprint density at radius 2 is 1.80 bits per heavy atom. The number of amides is 1. The fourth-order valence-corrected chi connectivity index (χ4v) is 4.85. The molecule has 0 aliphatic carbocycles. The summed E-state index contributed by atoms with van der Waals surface area (Å²) in [4.78, 5) is 27.0. The summed E-state index contributed by atoms with van der Waals surface area (Å²) >= 11 is 0. The predicted molar refractivity (Wildman–Crippen MR) is 141 cm³/mol. The van der Waals surface area contributed by atoms with Crippen LogP contribution in [0.1, 0.15) is 64.5 Å². The Kier molecular flexibility index (Phi) is 8.69. The van der Waals surface area contributed by atoms with Crippen LogP contribution in [0.3, 0.4) is 0 Å². The standard InChI is InChI=1S/C29H38N4O2/c1-3-26(34)11-5-4-6-12-28(30-29(35)23-15-18-32(2)19-16-23)33-20-17-27(31-33)25-14-13-22-9-7-8-10-24(22)21-25/h7-10,13-14,17,20-21,23,28H,3-6,11-12,15-16,18-19H2,1-2H3,(H,30,35)/t28-/m0/s1. The average Bonchev–Trinajstić information content (AvgIpc) is 3.38. The number of rotatable bonds is 11. The third-order valence-corrected chi connectivity index (χ3v) is 7.20. The Labute approximate surface area is 208 Å². The van der Waals surface area contributed by atoms with E-state index in [9.17, 15) is 9.59 Å². The number of Topliss-reactive ketones (excluding diaryl/α,β-unsaturated/α-hetero) is 1. The summed E-state index contributed by atoms with van der Waals surface area (Å²) in [6.07, 6.45) is 8.48. The van der Waals surface area contributed by atoms with Crippen LogP contribution in [0, 0.1) is 5.92 Å². The molecular formula is C29H38N4O2. The summed E-state index contributed by atoms with van der Waals surface area (Å²) in [6.45, 7) is 3.84. The van der Waals surface area contributed by atoms with Crippen molar-refractivity contribution in [3.8, 4) is 11.3 Å². The van der Waals surface area contributed by atoms with Crippen molar-refractivity contribution in [2.24, 2.45) is 5.92 Å². The van der Waals surface area contributed by atoms with E-state index in [0.717, 1.165) is 62.9 Å². The topological polar surface area (TPSA) is 67.2 Å². The highest BCUT2D eigenvalue weighted by molar-refractivity contribution is 5.86. The van der Waals surface area contributed by atoms with Gasteiger partial charge in [0, 0.05) is 30.5 Å². The number of carbonyl (C=O) groups excluding carboxylic acids is 2. The van der Waals surface area contributed by atoms with E-state index in [-0.39, 0.29) is 18.0 Å². The lowest BCUT2D eigenvalue weighted by Crippen LogP contribution is -2.41. The molecule has 1 aliphatic rings. The van der Waals surface area contributed by atoms with Gasteiger partial charge < -0.3 is 10.2 Å².